The fourth-order valence-corrected chi connectivity index (χ4v) is 6.00. The van der Waals surface area contributed by atoms with Gasteiger partial charge < -0.3 is 9.30 Å². The largest absolute Gasteiger partial charge is 0.379 e. The zero-order valence-corrected chi connectivity index (χ0v) is 20.3. The minimum Gasteiger partial charge on any atom is -0.379 e. The van der Waals surface area contributed by atoms with Gasteiger partial charge in [-0.2, -0.15) is 4.31 Å². The van der Waals surface area contributed by atoms with Gasteiger partial charge in [0.2, 0.25) is 10.0 Å². The molecule has 2 heterocycles. The van der Waals surface area contributed by atoms with Gasteiger partial charge >= 0.3 is 0 Å². The summed E-state index contributed by atoms with van der Waals surface area (Å²) in [4.78, 5) is 6.04. The van der Waals surface area contributed by atoms with Crippen LogP contribution in [0.3, 0.4) is 0 Å². The molecule has 0 atom stereocenters. The molecule has 0 radical (unpaired) electrons. The summed E-state index contributed by atoms with van der Waals surface area (Å²) < 4.78 is 34.7. The summed E-state index contributed by atoms with van der Waals surface area (Å²) in [5.74, 6) is 0.466. The first-order chi connectivity index (χ1) is 15.3. The fraction of sp³-hybridized carbons (Fsp3) is 0.375. The maximum absolute atomic E-state index is 12.9. The van der Waals surface area contributed by atoms with E-state index in [9.17, 15) is 8.42 Å². The van der Waals surface area contributed by atoms with E-state index in [-0.39, 0.29) is 0 Å². The number of benzene rings is 2. The van der Waals surface area contributed by atoms with Gasteiger partial charge in [-0.3, -0.25) is 0 Å². The molecule has 0 unspecified atom stereocenters. The van der Waals surface area contributed by atoms with Crippen molar-refractivity contribution in [1.82, 2.24) is 8.87 Å². The van der Waals surface area contributed by atoms with Crippen LogP contribution in [-0.4, -0.2) is 43.6 Å². The molecule has 3 aromatic rings. The van der Waals surface area contributed by atoms with E-state index in [2.05, 4.69) is 55.0 Å². The average molecular weight is 472 g/mol. The van der Waals surface area contributed by atoms with Crippen LogP contribution in [-0.2, 0) is 21.3 Å². The van der Waals surface area contributed by atoms with Crippen LogP contribution in [0.5, 0.6) is 0 Å². The second kappa shape index (κ2) is 9.70. The van der Waals surface area contributed by atoms with Crippen molar-refractivity contribution in [3.63, 3.8) is 0 Å². The Morgan fingerprint density at radius 1 is 1.03 bits per heavy atom. The molecule has 2 aromatic carbocycles. The van der Waals surface area contributed by atoms with Crippen LogP contribution in [0.25, 0.3) is 11.3 Å². The molecule has 8 heteroatoms. The van der Waals surface area contributed by atoms with Gasteiger partial charge in [0.05, 0.1) is 29.5 Å². The third-order valence-electron chi connectivity index (χ3n) is 5.36. The van der Waals surface area contributed by atoms with Gasteiger partial charge in [-0.1, -0.05) is 43.7 Å². The summed E-state index contributed by atoms with van der Waals surface area (Å²) in [5.41, 5.74) is 4.28. The summed E-state index contributed by atoms with van der Waals surface area (Å²) in [6.45, 7) is 8.98. The molecular formula is C24H29N3O3S2. The van der Waals surface area contributed by atoms with Gasteiger partial charge in [0.25, 0.3) is 0 Å². The summed E-state index contributed by atoms with van der Waals surface area (Å²) in [6.07, 6.45) is 0. The zero-order valence-electron chi connectivity index (χ0n) is 18.7. The molecule has 1 fully saturated rings. The number of morpholine rings is 1. The van der Waals surface area contributed by atoms with Gasteiger partial charge in [0.15, 0.2) is 4.80 Å². The van der Waals surface area contributed by atoms with E-state index in [4.69, 9.17) is 9.73 Å². The monoisotopic (exact) mass is 471 g/mol. The van der Waals surface area contributed by atoms with Gasteiger partial charge in [-0.05, 0) is 42.7 Å². The van der Waals surface area contributed by atoms with Crippen molar-refractivity contribution in [2.45, 2.75) is 32.2 Å². The molecule has 6 nitrogen and oxygen atoms in total. The highest BCUT2D eigenvalue weighted by Crippen LogP contribution is 2.24. The molecule has 1 aliphatic rings. The van der Waals surface area contributed by atoms with E-state index in [1.165, 1.54) is 15.4 Å². The number of rotatable bonds is 6. The standard InChI is InChI=1S/C24H29N3O3S2/c1-18(2)16-27-23(20-6-4-19(3)5-7-20)17-31-24(27)25-21-8-10-22(11-9-21)32(28,29)26-12-14-30-15-13-26/h4-11,17-18H,12-16H2,1-3H3. The lowest BCUT2D eigenvalue weighted by molar-refractivity contribution is 0.0730. The first-order valence-electron chi connectivity index (χ1n) is 10.8. The van der Waals surface area contributed by atoms with E-state index < -0.39 is 10.0 Å². The lowest BCUT2D eigenvalue weighted by Crippen LogP contribution is -2.40. The van der Waals surface area contributed by atoms with E-state index in [1.54, 1.807) is 35.6 Å². The van der Waals surface area contributed by atoms with Crippen LogP contribution in [0.2, 0.25) is 0 Å². The molecule has 0 bridgehead atoms. The Morgan fingerprint density at radius 2 is 1.69 bits per heavy atom. The topological polar surface area (TPSA) is 63.9 Å². The Kier molecular flexibility index (Phi) is 6.95. The first kappa shape index (κ1) is 22.9. The average Bonchev–Trinajstić information content (AvgIpc) is 3.16. The summed E-state index contributed by atoms with van der Waals surface area (Å²) in [5, 5.41) is 2.14. The van der Waals surface area contributed by atoms with Crippen LogP contribution in [0.4, 0.5) is 5.69 Å². The number of hydrogen-bond donors (Lipinski definition) is 0. The van der Waals surface area contributed by atoms with Gasteiger partial charge in [0, 0.05) is 25.0 Å². The van der Waals surface area contributed by atoms with Crippen molar-refractivity contribution in [3.8, 4) is 11.3 Å². The SMILES string of the molecule is Cc1ccc(-c2csc(=Nc3ccc(S(=O)(=O)N4CCOCC4)cc3)n2CC(C)C)cc1. The molecule has 1 saturated heterocycles. The predicted molar refractivity (Wildman–Crippen MR) is 129 cm³/mol. The molecule has 0 amide bonds. The van der Waals surface area contributed by atoms with Gasteiger partial charge in [-0.15, -0.1) is 11.3 Å². The maximum atomic E-state index is 12.9. The second-order valence-corrected chi connectivity index (χ2v) is 11.2. The van der Waals surface area contributed by atoms with Crippen LogP contribution in [0.1, 0.15) is 19.4 Å². The van der Waals surface area contributed by atoms with Crippen molar-refractivity contribution < 1.29 is 13.2 Å². The van der Waals surface area contributed by atoms with Crippen molar-refractivity contribution in [1.29, 1.82) is 0 Å². The first-order valence-corrected chi connectivity index (χ1v) is 13.1. The van der Waals surface area contributed by atoms with Crippen LogP contribution >= 0.6 is 11.3 Å². The quantitative estimate of drug-likeness (QED) is 0.534. The molecule has 32 heavy (non-hydrogen) atoms. The summed E-state index contributed by atoms with van der Waals surface area (Å²) in [7, 11) is -3.50. The zero-order chi connectivity index (χ0) is 22.7. The number of aromatic nitrogens is 1. The maximum Gasteiger partial charge on any atom is 0.243 e. The highest BCUT2D eigenvalue weighted by molar-refractivity contribution is 7.89. The highest BCUT2D eigenvalue weighted by atomic mass is 32.2. The molecule has 0 aliphatic carbocycles. The molecule has 1 aromatic heterocycles. The van der Waals surface area contributed by atoms with Crippen molar-refractivity contribution in [3.05, 3.63) is 64.3 Å². The Balaban J connectivity index is 1.67. The van der Waals surface area contributed by atoms with E-state index >= 15 is 0 Å². The lowest BCUT2D eigenvalue weighted by Gasteiger charge is -2.26. The smallest absolute Gasteiger partial charge is 0.243 e. The Labute approximate surface area is 193 Å². The molecular weight excluding hydrogens is 442 g/mol. The van der Waals surface area contributed by atoms with Gasteiger partial charge in [-0.25, -0.2) is 13.4 Å². The van der Waals surface area contributed by atoms with Crippen LogP contribution in [0.15, 0.2) is 63.8 Å². The fourth-order valence-electron chi connectivity index (χ4n) is 3.65. The van der Waals surface area contributed by atoms with Crippen LogP contribution < -0.4 is 4.80 Å². The Bertz CT molecular complexity index is 1220. The number of hydrogen-bond acceptors (Lipinski definition) is 5. The molecule has 0 saturated carbocycles. The van der Waals surface area contributed by atoms with E-state index in [0.29, 0.717) is 37.1 Å². The lowest BCUT2D eigenvalue weighted by atomic mass is 10.1. The normalized spacial score (nSPS) is 16.1. The molecule has 4 rings (SSSR count). The van der Waals surface area contributed by atoms with Crippen LogP contribution in [0, 0.1) is 12.8 Å². The highest BCUT2D eigenvalue weighted by Gasteiger charge is 2.26. The minimum atomic E-state index is -3.50. The molecule has 170 valence electrons. The minimum absolute atomic E-state index is 0.292. The molecule has 0 spiro atoms. The summed E-state index contributed by atoms with van der Waals surface area (Å²) >= 11 is 1.60. The summed E-state index contributed by atoms with van der Waals surface area (Å²) in [6, 6.07) is 15.4. The third-order valence-corrected chi connectivity index (χ3v) is 8.14. The van der Waals surface area contributed by atoms with E-state index in [1.807, 2.05) is 0 Å². The third kappa shape index (κ3) is 5.04. The second-order valence-electron chi connectivity index (χ2n) is 8.40. The van der Waals surface area contributed by atoms with E-state index in [0.717, 1.165) is 22.7 Å². The number of nitrogens with zero attached hydrogens (tertiary/aromatic N) is 3. The Hall–Kier alpha value is -2.26. The van der Waals surface area contributed by atoms with Crippen molar-refractivity contribution in [2.75, 3.05) is 26.3 Å². The Morgan fingerprint density at radius 3 is 2.31 bits per heavy atom. The number of aryl methyl sites for hydroxylation is 1. The number of sulfonamides is 1. The van der Waals surface area contributed by atoms with Crippen molar-refractivity contribution >= 4 is 27.0 Å². The molecule has 0 N–H and O–H groups in total. The number of thiazole rings is 1. The number of ether oxygens (including phenoxy) is 1. The van der Waals surface area contributed by atoms with Crippen molar-refractivity contribution in [2.24, 2.45) is 10.9 Å². The molecule has 1 aliphatic heterocycles. The van der Waals surface area contributed by atoms with Gasteiger partial charge in [0.1, 0.15) is 0 Å². The predicted octanol–water partition coefficient (Wildman–Crippen LogP) is 4.43.